The van der Waals surface area contributed by atoms with Crippen LogP contribution in [-0.4, -0.2) is 53.0 Å². The van der Waals surface area contributed by atoms with E-state index in [4.69, 9.17) is 16.3 Å². The Morgan fingerprint density at radius 3 is 2.67 bits per heavy atom. The fourth-order valence-corrected chi connectivity index (χ4v) is 3.75. The number of halogens is 3. The quantitative estimate of drug-likeness (QED) is 0.167. The maximum absolute atomic E-state index is 14.6. The average Bonchev–Trinajstić information content (AvgIpc) is 2.88. The number of amides is 3. The van der Waals surface area contributed by atoms with Gasteiger partial charge < -0.3 is 25.6 Å². The van der Waals surface area contributed by atoms with Gasteiger partial charge in [-0.1, -0.05) is 18.2 Å². The van der Waals surface area contributed by atoms with Gasteiger partial charge in [0.25, 0.3) is 0 Å². The third-order valence-electron chi connectivity index (χ3n) is 5.15. The summed E-state index contributed by atoms with van der Waals surface area (Å²) in [4.78, 5) is 34.3. The standard InChI is InChI=1S/C24H25BrClFN6O3/c1-4-20(34)31-18-11-14-17(12-19(18)36-10-9-28-24(35)33(5-2)6-3)29-13-30-23(14)32-16-8-7-15(25)21(26)22(16)27/h4,7-8,11-13H,1,5-6,9-10H2,2-3H3,(H,28,35)(H,31,34)(H,29,30,32). The molecule has 0 unspecified atom stereocenters. The van der Waals surface area contributed by atoms with E-state index in [0.29, 0.717) is 45.7 Å². The lowest BCUT2D eigenvalue weighted by atomic mass is 10.1. The van der Waals surface area contributed by atoms with Gasteiger partial charge in [-0.05, 0) is 54.1 Å². The molecule has 0 saturated heterocycles. The number of nitrogens with one attached hydrogen (secondary N) is 3. The van der Waals surface area contributed by atoms with Gasteiger partial charge in [-0.15, -0.1) is 0 Å². The van der Waals surface area contributed by atoms with Crippen LogP contribution in [0, 0.1) is 5.82 Å². The number of aromatic nitrogens is 2. The van der Waals surface area contributed by atoms with E-state index < -0.39 is 11.7 Å². The Morgan fingerprint density at radius 2 is 1.97 bits per heavy atom. The monoisotopic (exact) mass is 578 g/mol. The summed E-state index contributed by atoms with van der Waals surface area (Å²) in [5.41, 5.74) is 0.925. The van der Waals surface area contributed by atoms with E-state index in [1.807, 2.05) is 13.8 Å². The molecular formula is C24H25BrClFN6O3. The van der Waals surface area contributed by atoms with Crippen molar-refractivity contribution in [3.8, 4) is 5.75 Å². The van der Waals surface area contributed by atoms with Crippen molar-refractivity contribution in [2.75, 3.05) is 36.9 Å². The predicted molar refractivity (Wildman–Crippen MR) is 143 cm³/mol. The second kappa shape index (κ2) is 12.5. The second-order valence-electron chi connectivity index (χ2n) is 7.38. The van der Waals surface area contributed by atoms with Gasteiger partial charge in [-0.25, -0.2) is 19.2 Å². The Kier molecular flexibility index (Phi) is 9.43. The summed E-state index contributed by atoms with van der Waals surface area (Å²) in [5.74, 6) is -0.474. The van der Waals surface area contributed by atoms with E-state index in [1.54, 1.807) is 23.1 Å². The van der Waals surface area contributed by atoms with Crippen molar-refractivity contribution >= 4 is 67.6 Å². The lowest BCUT2D eigenvalue weighted by Gasteiger charge is -2.19. The summed E-state index contributed by atoms with van der Waals surface area (Å²) in [6.45, 7) is 8.86. The summed E-state index contributed by atoms with van der Waals surface area (Å²) in [6.07, 6.45) is 2.44. The molecule has 0 saturated carbocycles. The number of nitrogens with zero attached hydrogens (tertiary/aromatic N) is 3. The highest BCUT2D eigenvalue weighted by Crippen LogP contribution is 2.35. The minimum atomic E-state index is -0.648. The molecule has 12 heteroatoms. The second-order valence-corrected chi connectivity index (χ2v) is 8.61. The normalized spacial score (nSPS) is 10.6. The minimum absolute atomic E-state index is 0.0685. The topological polar surface area (TPSA) is 108 Å². The SMILES string of the molecule is C=CC(=O)Nc1cc2c(Nc3ccc(Br)c(Cl)c3F)ncnc2cc1OCCNC(=O)N(CC)CC. The van der Waals surface area contributed by atoms with E-state index in [2.05, 4.69) is 48.4 Å². The van der Waals surface area contributed by atoms with Crippen LogP contribution in [0.15, 0.2) is 47.7 Å². The third kappa shape index (κ3) is 6.41. The van der Waals surface area contributed by atoms with Gasteiger partial charge in [-0.2, -0.15) is 0 Å². The molecule has 0 radical (unpaired) electrons. The fourth-order valence-electron chi connectivity index (χ4n) is 3.28. The first-order valence-corrected chi connectivity index (χ1v) is 12.2. The molecule has 3 N–H and O–H groups in total. The molecule has 3 aromatic rings. The van der Waals surface area contributed by atoms with Crippen LogP contribution in [0.5, 0.6) is 5.75 Å². The summed E-state index contributed by atoms with van der Waals surface area (Å²) >= 11 is 9.19. The molecule has 3 rings (SSSR count). The predicted octanol–water partition coefficient (Wildman–Crippen LogP) is 5.48. The van der Waals surface area contributed by atoms with Crippen molar-refractivity contribution in [3.05, 3.63) is 58.6 Å². The molecule has 3 amide bonds. The average molecular weight is 580 g/mol. The zero-order valence-corrected chi connectivity index (χ0v) is 22.0. The summed E-state index contributed by atoms with van der Waals surface area (Å²) in [5, 5.41) is 8.84. The zero-order valence-electron chi connectivity index (χ0n) is 19.7. The van der Waals surface area contributed by atoms with E-state index in [0.717, 1.165) is 6.08 Å². The maximum atomic E-state index is 14.6. The van der Waals surface area contributed by atoms with E-state index in [1.165, 1.54) is 12.4 Å². The lowest BCUT2D eigenvalue weighted by Crippen LogP contribution is -2.41. The number of carbonyl (C=O) groups is 2. The van der Waals surface area contributed by atoms with Crippen molar-refractivity contribution < 1.29 is 18.7 Å². The van der Waals surface area contributed by atoms with Gasteiger partial charge in [0.2, 0.25) is 5.91 Å². The fraction of sp³-hybridized carbons (Fsp3) is 0.250. The van der Waals surface area contributed by atoms with Crippen LogP contribution in [0.25, 0.3) is 10.9 Å². The van der Waals surface area contributed by atoms with Gasteiger partial charge in [0, 0.05) is 29.0 Å². The summed E-state index contributed by atoms with van der Waals surface area (Å²) < 4.78 is 20.9. The number of urea groups is 1. The van der Waals surface area contributed by atoms with Crippen molar-refractivity contribution in [1.29, 1.82) is 0 Å². The molecule has 0 fully saturated rings. The van der Waals surface area contributed by atoms with Crippen molar-refractivity contribution in [1.82, 2.24) is 20.2 Å². The van der Waals surface area contributed by atoms with Crippen LogP contribution in [-0.2, 0) is 4.79 Å². The number of rotatable bonds is 10. The molecule has 0 spiro atoms. The number of anilines is 3. The third-order valence-corrected chi connectivity index (χ3v) is 6.41. The first-order valence-electron chi connectivity index (χ1n) is 11.1. The van der Waals surface area contributed by atoms with Crippen LogP contribution in [0.2, 0.25) is 5.02 Å². The first-order chi connectivity index (χ1) is 17.3. The molecule has 0 aliphatic carbocycles. The van der Waals surface area contributed by atoms with Gasteiger partial charge in [0.1, 0.15) is 24.5 Å². The van der Waals surface area contributed by atoms with Crippen LogP contribution in [0.3, 0.4) is 0 Å². The van der Waals surface area contributed by atoms with Crippen LogP contribution in [0.4, 0.5) is 26.4 Å². The van der Waals surface area contributed by atoms with Crippen LogP contribution < -0.4 is 20.7 Å². The first kappa shape index (κ1) is 27.2. The van der Waals surface area contributed by atoms with Gasteiger partial charge in [0.15, 0.2) is 5.82 Å². The van der Waals surface area contributed by atoms with Gasteiger partial charge in [-0.3, -0.25) is 4.79 Å². The molecule has 36 heavy (non-hydrogen) atoms. The van der Waals surface area contributed by atoms with E-state index >= 15 is 0 Å². The van der Waals surface area contributed by atoms with Crippen molar-refractivity contribution in [3.63, 3.8) is 0 Å². The highest BCUT2D eigenvalue weighted by atomic mass is 79.9. The van der Waals surface area contributed by atoms with Crippen LogP contribution in [0.1, 0.15) is 13.8 Å². The Balaban J connectivity index is 1.88. The molecule has 0 atom stereocenters. The molecule has 0 aliphatic heterocycles. The number of hydrogen-bond donors (Lipinski definition) is 3. The molecule has 2 aromatic carbocycles. The van der Waals surface area contributed by atoms with Gasteiger partial charge >= 0.3 is 6.03 Å². The smallest absolute Gasteiger partial charge is 0.317 e. The molecule has 9 nitrogen and oxygen atoms in total. The summed E-state index contributed by atoms with van der Waals surface area (Å²) in [7, 11) is 0. The Bertz CT molecular complexity index is 1290. The van der Waals surface area contributed by atoms with E-state index in [9.17, 15) is 14.0 Å². The zero-order chi connectivity index (χ0) is 26.2. The molecule has 1 aromatic heterocycles. The highest BCUT2D eigenvalue weighted by Gasteiger charge is 2.16. The van der Waals surface area contributed by atoms with Crippen molar-refractivity contribution in [2.45, 2.75) is 13.8 Å². The largest absolute Gasteiger partial charge is 0.489 e. The molecule has 0 aliphatic rings. The van der Waals surface area contributed by atoms with Crippen molar-refractivity contribution in [2.24, 2.45) is 0 Å². The van der Waals surface area contributed by atoms with Gasteiger partial charge in [0.05, 0.1) is 28.5 Å². The maximum Gasteiger partial charge on any atom is 0.317 e. The lowest BCUT2D eigenvalue weighted by molar-refractivity contribution is -0.111. The Hall–Kier alpha value is -3.44. The Labute approximate surface area is 221 Å². The molecule has 190 valence electrons. The minimum Gasteiger partial charge on any atom is -0.489 e. The number of benzene rings is 2. The Morgan fingerprint density at radius 1 is 1.22 bits per heavy atom. The number of fused-ring (bicyclic) bond motifs is 1. The molecular weight excluding hydrogens is 555 g/mol. The number of carbonyl (C=O) groups excluding carboxylic acids is 2. The summed E-state index contributed by atoms with van der Waals surface area (Å²) in [6, 6.07) is 6.17. The molecule has 1 heterocycles. The number of ether oxygens (including phenoxy) is 1. The number of hydrogen-bond acceptors (Lipinski definition) is 6. The highest BCUT2D eigenvalue weighted by molar-refractivity contribution is 9.10. The van der Waals surface area contributed by atoms with E-state index in [-0.39, 0.29) is 29.9 Å². The van der Waals surface area contributed by atoms with Crippen LogP contribution >= 0.6 is 27.5 Å². The molecule has 0 bridgehead atoms.